The van der Waals surface area contributed by atoms with Gasteiger partial charge in [0.2, 0.25) is 5.91 Å². The summed E-state index contributed by atoms with van der Waals surface area (Å²) in [7, 11) is 0. The number of carbonyl (C=O) groups excluding carboxylic acids is 1. The summed E-state index contributed by atoms with van der Waals surface area (Å²) >= 11 is 0. The Balaban J connectivity index is 2.19. The normalized spacial score (nSPS) is 9.82. The number of hydrogen-bond donors (Lipinski definition) is 2. The van der Waals surface area contributed by atoms with Gasteiger partial charge in [-0.1, -0.05) is 0 Å². The van der Waals surface area contributed by atoms with Gasteiger partial charge in [0.05, 0.1) is 19.4 Å². The van der Waals surface area contributed by atoms with E-state index in [1.54, 1.807) is 12.3 Å². The Bertz CT molecular complexity index is 218. The van der Waals surface area contributed by atoms with Crippen LogP contribution in [0.15, 0.2) is 22.8 Å². The Morgan fingerprint density at radius 3 is 3.09 bits per heavy atom. The molecule has 0 fully saturated rings. The van der Waals surface area contributed by atoms with Crippen LogP contribution in [0.1, 0.15) is 5.76 Å². The van der Waals surface area contributed by atoms with Crippen molar-refractivity contribution in [3.63, 3.8) is 0 Å². The van der Waals surface area contributed by atoms with E-state index in [0.29, 0.717) is 6.54 Å². The van der Waals surface area contributed by atoms with Crippen molar-refractivity contribution in [3.05, 3.63) is 24.2 Å². The molecule has 0 aromatic carbocycles. The minimum atomic E-state index is -0.364. The largest absolute Gasteiger partial charge is 0.468 e. The van der Waals surface area contributed by atoms with Crippen LogP contribution in [0.5, 0.6) is 0 Å². The van der Waals surface area contributed by atoms with E-state index in [4.69, 9.17) is 10.2 Å². The van der Waals surface area contributed by atoms with Crippen LogP contribution in [0, 0.1) is 0 Å². The molecule has 4 nitrogen and oxygen atoms in total. The van der Waals surface area contributed by atoms with Crippen molar-refractivity contribution in [3.8, 4) is 0 Å². The number of nitrogens with two attached hydrogens (primary N) is 1. The number of rotatable bonds is 4. The van der Waals surface area contributed by atoms with E-state index < -0.39 is 0 Å². The quantitative estimate of drug-likeness (QED) is 0.634. The van der Waals surface area contributed by atoms with Crippen LogP contribution in [-0.2, 0) is 11.3 Å². The lowest BCUT2D eigenvalue weighted by molar-refractivity contribution is -0.117. The third-order valence-corrected chi connectivity index (χ3v) is 1.18. The average Bonchev–Trinajstić information content (AvgIpc) is 2.39. The maximum atomic E-state index is 10.3. The lowest BCUT2D eigenvalue weighted by Crippen LogP contribution is -2.27. The third kappa shape index (κ3) is 2.86. The van der Waals surface area contributed by atoms with Crippen LogP contribution in [0.4, 0.5) is 0 Å². The molecule has 1 rings (SSSR count). The molecule has 11 heavy (non-hydrogen) atoms. The second-order valence-electron chi connectivity index (χ2n) is 2.15. The average molecular weight is 154 g/mol. The zero-order chi connectivity index (χ0) is 8.10. The number of carbonyl (C=O) groups is 1. The van der Waals surface area contributed by atoms with Gasteiger partial charge in [0, 0.05) is 0 Å². The molecule has 4 heteroatoms. The number of amides is 1. The molecule has 0 aliphatic heterocycles. The highest BCUT2D eigenvalue weighted by atomic mass is 16.3. The Morgan fingerprint density at radius 2 is 2.55 bits per heavy atom. The van der Waals surface area contributed by atoms with Crippen LogP contribution in [-0.4, -0.2) is 12.5 Å². The highest BCUT2D eigenvalue weighted by molar-refractivity contribution is 5.75. The van der Waals surface area contributed by atoms with Crippen molar-refractivity contribution in [1.82, 2.24) is 5.32 Å². The molecular weight excluding hydrogens is 144 g/mol. The zero-order valence-electron chi connectivity index (χ0n) is 6.04. The van der Waals surface area contributed by atoms with Crippen molar-refractivity contribution in [1.29, 1.82) is 0 Å². The summed E-state index contributed by atoms with van der Waals surface area (Å²) in [5.41, 5.74) is 4.90. The first-order valence-electron chi connectivity index (χ1n) is 3.30. The van der Waals surface area contributed by atoms with E-state index >= 15 is 0 Å². The molecule has 1 amide bonds. The summed E-state index contributed by atoms with van der Waals surface area (Å²) in [5.74, 6) is 0.433. The molecule has 0 atom stereocenters. The van der Waals surface area contributed by atoms with E-state index in [1.807, 2.05) is 6.07 Å². The number of primary amides is 1. The SMILES string of the molecule is NC(=O)CNCc1ccco1. The summed E-state index contributed by atoms with van der Waals surface area (Å²) in [5, 5.41) is 2.82. The van der Waals surface area contributed by atoms with Gasteiger partial charge in [0.15, 0.2) is 0 Å². The van der Waals surface area contributed by atoms with Gasteiger partial charge in [0.1, 0.15) is 5.76 Å². The summed E-state index contributed by atoms with van der Waals surface area (Å²) in [4.78, 5) is 10.3. The molecule has 1 aromatic rings. The van der Waals surface area contributed by atoms with E-state index in [1.165, 1.54) is 0 Å². The van der Waals surface area contributed by atoms with E-state index in [9.17, 15) is 4.79 Å². The Hall–Kier alpha value is -1.29. The van der Waals surface area contributed by atoms with E-state index in [-0.39, 0.29) is 12.5 Å². The van der Waals surface area contributed by atoms with Gasteiger partial charge in [-0.25, -0.2) is 0 Å². The summed E-state index contributed by atoms with van der Waals surface area (Å²) < 4.78 is 5.00. The van der Waals surface area contributed by atoms with Crippen LogP contribution in [0.25, 0.3) is 0 Å². The van der Waals surface area contributed by atoms with Gasteiger partial charge in [0.25, 0.3) is 0 Å². The van der Waals surface area contributed by atoms with Gasteiger partial charge < -0.3 is 15.5 Å². The molecule has 0 unspecified atom stereocenters. The van der Waals surface area contributed by atoms with Crippen molar-refractivity contribution < 1.29 is 9.21 Å². The van der Waals surface area contributed by atoms with Crippen molar-refractivity contribution in [2.45, 2.75) is 6.54 Å². The predicted molar refractivity (Wildman–Crippen MR) is 39.6 cm³/mol. The molecule has 3 N–H and O–H groups in total. The summed E-state index contributed by atoms with van der Waals surface area (Å²) in [6.45, 7) is 0.719. The van der Waals surface area contributed by atoms with Gasteiger partial charge in [-0.15, -0.1) is 0 Å². The fourth-order valence-electron chi connectivity index (χ4n) is 0.722. The lowest BCUT2D eigenvalue weighted by atomic mass is 10.4. The molecule has 0 aliphatic carbocycles. The van der Waals surface area contributed by atoms with Crippen LogP contribution < -0.4 is 11.1 Å². The monoisotopic (exact) mass is 154 g/mol. The Morgan fingerprint density at radius 1 is 1.73 bits per heavy atom. The Kier molecular flexibility index (Phi) is 2.68. The smallest absolute Gasteiger partial charge is 0.231 e. The van der Waals surface area contributed by atoms with Crippen molar-refractivity contribution >= 4 is 5.91 Å². The maximum Gasteiger partial charge on any atom is 0.231 e. The molecular formula is C7H10N2O2. The van der Waals surface area contributed by atoms with Crippen molar-refractivity contribution in [2.75, 3.05) is 6.54 Å². The third-order valence-electron chi connectivity index (χ3n) is 1.18. The van der Waals surface area contributed by atoms with Crippen LogP contribution in [0.2, 0.25) is 0 Å². The number of nitrogens with one attached hydrogen (secondary N) is 1. The molecule has 0 spiro atoms. The molecule has 1 heterocycles. The first kappa shape index (κ1) is 7.81. The minimum Gasteiger partial charge on any atom is -0.468 e. The fourth-order valence-corrected chi connectivity index (χ4v) is 0.722. The molecule has 0 radical (unpaired) electrons. The second kappa shape index (κ2) is 3.78. The van der Waals surface area contributed by atoms with Gasteiger partial charge >= 0.3 is 0 Å². The van der Waals surface area contributed by atoms with Gasteiger partial charge in [-0.2, -0.15) is 0 Å². The molecule has 0 saturated heterocycles. The van der Waals surface area contributed by atoms with Gasteiger partial charge in [-0.3, -0.25) is 4.79 Å². The summed E-state index contributed by atoms with van der Waals surface area (Å²) in [6, 6.07) is 3.62. The highest BCUT2D eigenvalue weighted by Crippen LogP contribution is 1.97. The predicted octanol–water partition coefficient (Wildman–Crippen LogP) is -0.146. The lowest BCUT2D eigenvalue weighted by Gasteiger charge is -1.96. The first-order chi connectivity index (χ1) is 5.29. The van der Waals surface area contributed by atoms with Crippen LogP contribution in [0.3, 0.4) is 0 Å². The topological polar surface area (TPSA) is 68.3 Å². The molecule has 60 valence electrons. The summed E-state index contributed by atoms with van der Waals surface area (Å²) in [6.07, 6.45) is 1.58. The first-order valence-corrected chi connectivity index (χ1v) is 3.30. The number of hydrogen-bond acceptors (Lipinski definition) is 3. The fraction of sp³-hybridized carbons (Fsp3) is 0.286. The van der Waals surface area contributed by atoms with E-state index in [2.05, 4.69) is 5.32 Å². The molecule has 0 saturated carbocycles. The molecule has 0 bridgehead atoms. The minimum absolute atomic E-state index is 0.181. The highest BCUT2D eigenvalue weighted by Gasteiger charge is 1.95. The van der Waals surface area contributed by atoms with E-state index in [0.717, 1.165) is 5.76 Å². The molecule has 0 aliphatic rings. The molecule has 1 aromatic heterocycles. The Labute approximate surface area is 64.4 Å². The van der Waals surface area contributed by atoms with Crippen LogP contribution >= 0.6 is 0 Å². The zero-order valence-corrected chi connectivity index (χ0v) is 6.04. The second-order valence-corrected chi connectivity index (χ2v) is 2.15. The van der Waals surface area contributed by atoms with Crippen molar-refractivity contribution in [2.24, 2.45) is 5.73 Å². The standard InChI is InChI=1S/C7H10N2O2/c8-7(10)5-9-4-6-2-1-3-11-6/h1-3,9H,4-5H2,(H2,8,10). The maximum absolute atomic E-state index is 10.3. The number of furan rings is 1. The van der Waals surface area contributed by atoms with Gasteiger partial charge in [-0.05, 0) is 12.1 Å².